The van der Waals surface area contributed by atoms with E-state index in [9.17, 15) is 14.0 Å². The van der Waals surface area contributed by atoms with Crippen molar-refractivity contribution in [2.45, 2.75) is 6.92 Å². The highest BCUT2D eigenvalue weighted by atomic mass is 19.1. The SMILES string of the molecule is COc1ccc(-n2nc(C(=O)Nc3ccc(C)c(F)c3)c(=O)cc2OC)cc1OC. The molecule has 30 heavy (non-hydrogen) atoms. The molecule has 0 fully saturated rings. The number of ether oxygens (including phenoxy) is 3. The first-order chi connectivity index (χ1) is 14.4. The lowest BCUT2D eigenvalue weighted by atomic mass is 10.2. The van der Waals surface area contributed by atoms with Crippen LogP contribution >= 0.6 is 0 Å². The van der Waals surface area contributed by atoms with Gasteiger partial charge in [0.2, 0.25) is 11.3 Å². The van der Waals surface area contributed by atoms with Gasteiger partial charge in [0.25, 0.3) is 5.91 Å². The second kappa shape index (κ2) is 8.64. The van der Waals surface area contributed by atoms with Crippen LogP contribution in [-0.4, -0.2) is 37.0 Å². The maximum absolute atomic E-state index is 13.8. The first kappa shape index (κ1) is 20.8. The molecule has 0 saturated carbocycles. The van der Waals surface area contributed by atoms with Gasteiger partial charge < -0.3 is 19.5 Å². The van der Waals surface area contributed by atoms with Crippen molar-refractivity contribution in [1.82, 2.24) is 9.78 Å². The van der Waals surface area contributed by atoms with Crippen LogP contribution in [0.15, 0.2) is 47.3 Å². The van der Waals surface area contributed by atoms with Crippen molar-refractivity contribution >= 4 is 11.6 Å². The van der Waals surface area contributed by atoms with E-state index in [0.717, 1.165) is 6.07 Å². The van der Waals surface area contributed by atoms with Crippen molar-refractivity contribution in [3.05, 3.63) is 69.8 Å². The number of benzene rings is 2. The zero-order valence-electron chi connectivity index (χ0n) is 16.9. The molecule has 2 aromatic carbocycles. The molecule has 0 radical (unpaired) electrons. The van der Waals surface area contributed by atoms with Gasteiger partial charge in [-0.25, -0.2) is 4.39 Å². The molecule has 8 nitrogen and oxygen atoms in total. The Balaban J connectivity index is 2.04. The van der Waals surface area contributed by atoms with Crippen molar-refractivity contribution in [1.29, 1.82) is 0 Å². The predicted molar refractivity (Wildman–Crippen MR) is 109 cm³/mol. The van der Waals surface area contributed by atoms with E-state index >= 15 is 0 Å². The number of rotatable bonds is 6. The molecule has 1 N–H and O–H groups in total. The zero-order valence-corrected chi connectivity index (χ0v) is 16.9. The zero-order chi connectivity index (χ0) is 21.8. The van der Waals surface area contributed by atoms with Crippen LogP contribution < -0.4 is 25.0 Å². The number of nitrogens with one attached hydrogen (secondary N) is 1. The number of carbonyl (C=O) groups excluding carboxylic acids is 1. The summed E-state index contributed by atoms with van der Waals surface area (Å²) in [4.78, 5) is 25.1. The summed E-state index contributed by atoms with van der Waals surface area (Å²) in [7, 11) is 4.37. The fourth-order valence-corrected chi connectivity index (χ4v) is 2.75. The lowest BCUT2D eigenvalue weighted by Crippen LogP contribution is -2.26. The Kier molecular flexibility index (Phi) is 6.01. The first-order valence-corrected chi connectivity index (χ1v) is 8.86. The Hall–Kier alpha value is -3.88. The topological polar surface area (TPSA) is 91.7 Å². The minimum absolute atomic E-state index is 0.116. The summed E-state index contributed by atoms with van der Waals surface area (Å²) in [6, 6.07) is 10.3. The Morgan fingerprint density at radius 3 is 2.37 bits per heavy atom. The quantitative estimate of drug-likeness (QED) is 0.668. The molecule has 9 heteroatoms. The number of aryl methyl sites for hydroxylation is 1. The van der Waals surface area contributed by atoms with Gasteiger partial charge in [0.1, 0.15) is 5.82 Å². The van der Waals surface area contributed by atoms with E-state index in [1.807, 2.05) is 0 Å². The van der Waals surface area contributed by atoms with Gasteiger partial charge >= 0.3 is 0 Å². The molecule has 0 atom stereocenters. The molecular weight excluding hydrogens is 393 g/mol. The van der Waals surface area contributed by atoms with Crippen molar-refractivity contribution in [3.63, 3.8) is 0 Å². The van der Waals surface area contributed by atoms with E-state index in [4.69, 9.17) is 14.2 Å². The predicted octanol–water partition coefficient (Wildman–Crippen LogP) is 2.96. The molecule has 0 unspecified atom stereocenters. The van der Waals surface area contributed by atoms with Crippen LogP contribution in [0.4, 0.5) is 10.1 Å². The van der Waals surface area contributed by atoms with E-state index < -0.39 is 17.2 Å². The maximum atomic E-state index is 13.8. The maximum Gasteiger partial charge on any atom is 0.280 e. The number of halogens is 1. The average molecular weight is 413 g/mol. The van der Waals surface area contributed by atoms with Gasteiger partial charge in [0.05, 0.1) is 33.1 Å². The van der Waals surface area contributed by atoms with Gasteiger partial charge in [-0.05, 0) is 36.8 Å². The van der Waals surface area contributed by atoms with E-state index in [1.165, 1.54) is 44.2 Å². The fraction of sp³-hybridized carbons (Fsp3) is 0.190. The molecule has 1 amide bonds. The van der Waals surface area contributed by atoms with Crippen LogP contribution in [-0.2, 0) is 0 Å². The van der Waals surface area contributed by atoms with Crippen LogP contribution in [0.2, 0.25) is 0 Å². The summed E-state index contributed by atoms with van der Waals surface area (Å²) in [6.07, 6.45) is 0. The first-order valence-electron chi connectivity index (χ1n) is 8.86. The molecule has 1 heterocycles. The molecule has 0 aliphatic heterocycles. The number of amides is 1. The molecule has 0 aliphatic carbocycles. The molecule has 0 bridgehead atoms. The van der Waals surface area contributed by atoms with E-state index in [-0.39, 0.29) is 17.3 Å². The summed E-state index contributed by atoms with van der Waals surface area (Å²) in [6.45, 7) is 1.60. The van der Waals surface area contributed by atoms with Crippen LogP contribution in [0.1, 0.15) is 16.1 Å². The largest absolute Gasteiger partial charge is 0.493 e. The minimum atomic E-state index is -0.778. The van der Waals surface area contributed by atoms with E-state index in [0.29, 0.717) is 22.7 Å². The van der Waals surface area contributed by atoms with Gasteiger partial charge in [-0.3, -0.25) is 9.59 Å². The molecule has 0 aliphatic rings. The Morgan fingerprint density at radius 1 is 1.00 bits per heavy atom. The second-order valence-electron chi connectivity index (χ2n) is 6.27. The van der Waals surface area contributed by atoms with Gasteiger partial charge in [-0.2, -0.15) is 9.78 Å². The lowest BCUT2D eigenvalue weighted by Gasteiger charge is -2.14. The van der Waals surface area contributed by atoms with Gasteiger partial charge in [-0.15, -0.1) is 0 Å². The number of hydrogen-bond donors (Lipinski definition) is 1. The second-order valence-corrected chi connectivity index (χ2v) is 6.27. The monoisotopic (exact) mass is 413 g/mol. The molecule has 3 aromatic rings. The summed E-state index contributed by atoms with van der Waals surface area (Å²) in [5, 5.41) is 6.64. The molecule has 156 valence electrons. The number of aromatic nitrogens is 2. The summed E-state index contributed by atoms with van der Waals surface area (Å²) in [5.74, 6) is -0.206. The molecule has 3 rings (SSSR count). The van der Waals surface area contributed by atoms with Crippen molar-refractivity contribution in [2.75, 3.05) is 26.6 Å². The number of anilines is 1. The van der Waals surface area contributed by atoms with Crippen LogP contribution in [0, 0.1) is 12.7 Å². The lowest BCUT2D eigenvalue weighted by molar-refractivity contribution is 0.101. The fourth-order valence-electron chi connectivity index (χ4n) is 2.75. The third-order valence-corrected chi connectivity index (χ3v) is 4.36. The smallest absolute Gasteiger partial charge is 0.280 e. The van der Waals surface area contributed by atoms with Gasteiger partial charge in [0.15, 0.2) is 17.2 Å². The Bertz CT molecular complexity index is 1160. The average Bonchev–Trinajstić information content (AvgIpc) is 2.75. The van der Waals surface area contributed by atoms with Crippen LogP contribution in [0.3, 0.4) is 0 Å². The molecule has 0 spiro atoms. The summed E-state index contributed by atoms with van der Waals surface area (Å²) >= 11 is 0. The van der Waals surface area contributed by atoms with Gasteiger partial charge in [0, 0.05) is 11.8 Å². The number of hydrogen-bond acceptors (Lipinski definition) is 6. The highest BCUT2D eigenvalue weighted by Crippen LogP contribution is 2.30. The standard InChI is InChI=1S/C21H20FN3O5/c1-12-5-6-13(9-15(12)22)23-21(27)20-16(26)11-19(30-4)25(24-20)14-7-8-17(28-2)18(10-14)29-3/h5-11H,1-4H3,(H,23,27). The van der Waals surface area contributed by atoms with Crippen molar-refractivity contribution < 1.29 is 23.4 Å². The van der Waals surface area contributed by atoms with E-state index in [2.05, 4.69) is 10.4 Å². The number of carbonyl (C=O) groups is 1. The number of nitrogens with zero attached hydrogens (tertiary/aromatic N) is 2. The van der Waals surface area contributed by atoms with Crippen LogP contribution in [0.5, 0.6) is 17.4 Å². The highest BCUT2D eigenvalue weighted by Gasteiger charge is 2.18. The highest BCUT2D eigenvalue weighted by molar-refractivity contribution is 6.02. The third kappa shape index (κ3) is 4.09. The Morgan fingerprint density at radius 2 is 1.73 bits per heavy atom. The molecule has 0 saturated heterocycles. The Labute approximate surface area is 171 Å². The molecule has 1 aromatic heterocycles. The van der Waals surface area contributed by atoms with Crippen molar-refractivity contribution in [2.24, 2.45) is 0 Å². The van der Waals surface area contributed by atoms with Gasteiger partial charge in [-0.1, -0.05) is 6.07 Å². The molecular formula is C21H20FN3O5. The van der Waals surface area contributed by atoms with Crippen molar-refractivity contribution in [3.8, 4) is 23.1 Å². The number of methoxy groups -OCH3 is 3. The minimum Gasteiger partial charge on any atom is -0.493 e. The summed E-state index contributed by atoms with van der Waals surface area (Å²) in [5.41, 5.74) is 0.0873. The summed E-state index contributed by atoms with van der Waals surface area (Å²) < 4.78 is 30.8. The normalized spacial score (nSPS) is 10.4. The van der Waals surface area contributed by atoms with E-state index in [1.54, 1.807) is 25.1 Å². The van der Waals surface area contributed by atoms with Crippen LogP contribution in [0.25, 0.3) is 5.69 Å². The third-order valence-electron chi connectivity index (χ3n) is 4.36.